The number of nitrogens with one attached hydrogen (secondary N) is 4. The van der Waals surface area contributed by atoms with Crippen LogP contribution in [0.2, 0.25) is 0 Å². The molecule has 6 heteroatoms. The maximum absolute atomic E-state index is 4.27. The lowest BCUT2D eigenvalue weighted by atomic mass is 9.60. The van der Waals surface area contributed by atoms with Gasteiger partial charge in [0.05, 0.1) is 0 Å². The van der Waals surface area contributed by atoms with Crippen LogP contribution in [0.5, 0.6) is 0 Å². The first-order chi connectivity index (χ1) is 33.4. The summed E-state index contributed by atoms with van der Waals surface area (Å²) < 4.78 is 0. The zero-order valence-corrected chi connectivity index (χ0v) is 44.5. The van der Waals surface area contributed by atoms with E-state index in [4.69, 9.17) is 0 Å². The SMILES string of the molecule is CC1CC(C2CCC(N3C4CCCCC4C4C5C6CCCCC6N(C6CCC(C7CC(C)C(C8CCC9CCNCC9N8)C(C)C7)CC6)C5CCC43)CC2)CC(C)C1C1CCC2CCNCC2N1. The first-order valence-corrected chi connectivity index (χ1v) is 31.8. The fourth-order valence-electron chi connectivity index (χ4n) is 23.5. The van der Waals surface area contributed by atoms with Crippen LogP contribution in [0.25, 0.3) is 0 Å². The van der Waals surface area contributed by atoms with Gasteiger partial charge in [0.25, 0.3) is 0 Å². The van der Waals surface area contributed by atoms with Crippen molar-refractivity contribution in [2.24, 2.45) is 94.7 Å². The molecule has 68 heavy (non-hydrogen) atoms. The topological polar surface area (TPSA) is 54.6 Å². The molecule has 0 bridgehead atoms. The van der Waals surface area contributed by atoms with Crippen LogP contribution in [0.3, 0.4) is 0 Å². The minimum absolute atomic E-state index is 0.737. The van der Waals surface area contributed by atoms with Crippen molar-refractivity contribution in [2.75, 3.05) is 26.2 Å². The molecule has 0 aromatic rings. The summed E-state index contributed by atoms with van der Waals surface area (Å²) in [6.45, 7) is 15.7. The van der Waals surface area contributed by atoms with Gasteiger partial charge in [0.15, 0.2) is 0 Å². The summed E-state index contributed by atoms with van der Waals surface area (Å²) in [6, 6.07) is 8.51. The van der Waals surface area contributed by atoms with Crippen molar-refractivity contribution in [3.05, 3.63) is 0 Å². The number of piperidine rings is 4. The van der Waals surface area contributed by atoms with Crippen LogP contribution in [0, 0.1) is 94.7 Å². The zero-order valence-electron chi connectivity index (χ0n) is 44.5. The minimum Gasteiger partial charge on any atom is -0.315 e. The maximum atomic E-state index is 4.27. The van der Waals surface area contributed by atoms with Gasteiger partial charge in [0.2, 0.25) is 0 Å². The Kier molecular flexibility index (Phi) is 14.1. The smallest absolute Gasteiger partial charge is 0.0223 e. The van der Waals surface area contributed by atoms with Gasteiger partial charge in [0.1, 0.15) is 0 Å². The van der Waals surface area contributed by atoms with E-state index in [0.29, 0.717) is 0 Å². The molecule has 13 aliphatic rings. The van der Waals surface area contributed by atoms with Gasteiger partial charge in [-0.25, -0.2) is 0 Å². The number of hydrogen-bond acceptors (Lipinski definition) is 6. The van der Waals surface area contributed by atoms with E-state index >= 15 is 0 Å². The Balaban J connectivity index is 0.642. The number of fused-ring (bicyclic) bond motifs is 9. The van der Waals surface area contributed by atoms with Gasteiger partial charge < -0.3 is 21.3 Å². The van der Waals surface area contributed by atoms with E-state index < -0.39 is 0 Å². The molecule has 0 spiro atoms. The second-order valence-electron chi connectivity index (χ2n) is 28.9. The van der Waals surface area contributed by atoms with Crippen molar-refractivity contribution in [3.63, 3.8) is 0 Å². The highest BCUT2D eigenvalue weighted by Crippen LogP contribution is 2.62. The predicted octanol–water partition coefficient (Wildman–Crippen LogP) is 11.7. The van der Waals surface area contributed by atoms with Gasteiger partial charge in [-0.1, -0.05) is 53.4 Å². The van der Waals surface area contributed by atoms with Crippen molar-refractivity contribution in [2.45, 2.75) is 268 Å². The van der Waals surface area contributed by atoms with E-state index in [1.807, 2.05) is 0 Å². The lowest BCUT2D eigenvalue weighted by Crippen LogP contribution is -2.59. The van der Waals surface area contributed by atoms with Crippen molar-refractivity contribution in [3.8, 4) is 0 Å². The largest absolute Gasteiger partial charge is 0.315 e. The molecule has 18 unspecified atom stereocenters. The summed E-state index contributed by atoms with van der Waals surface area (Å²) in [6.07, 6.45) is 42.5. The Labute approximate surface area is 418 Å². The minimum atomic E-state index is 0.737. The van der Waals surface area contributed by atoms with Crippen molar-refractivity contribution < 1.29 is 0 Å². The van der Waals surface area contributed by atoms with E-state index in [2.05, 4.69) is 58.8 Å². The van der Waals surface area contributed by atoms with Gasteiger partial charge in [-0.15, -0.1) is 0 Å². The fourth-order valence-corrected chi connectivity index (χ4v) is 23.5. The Morgan fingerprint density at radius 1 is 0.309 bits per heavy atom. The number of likely N-dealkylation sites (tertiary alicyclic amines) is 2. The summed E-state index contributed by atoms with van der Waals surface area (Å²) in [7, 11) is 0. The highest BCUT2D eigenvalue weighted by Gasteiger charge is 2.64. The highest BCUT2D eigenvalue weighted by atomic mass is 15.3. The molecule has 384 valence electrons. The van der Waals surface area contributed by atoms with Crippen LogP contribution < -0.4 is 21.3 Å². The number of nitrogens with zero attached hydrogens (tertiary/aromatic N) is 2. The van der Waals surface area contributed by atoms with Crippen molar-refractivity contribution in [1.82, 2.24) is 31.1 Å². The molecule has 6 heterocycles. The molecule has 0 aromatic carbocycles. The van der Waals surface area contributed by atoms with Gasteiger partial charge in [-0.3, -0.25) is 9.80 Å². The van der Waals surface area contributed by atoms with E-state index in [0.717, 1.165) is 155 Å². The molecule has 6 saturated heterocycles. The van der Waals surface area contributed by atoms with E-state index in [-0.39, 0.29) is 0 Å². The number of rotatable bonds is 6. The fraction of sp³-hybridized carbons (Fsp3) is 1.00. The third kappa shape index (κ3) is 8.63. The highest BCUT2D eigenvalue weighted by molar-refractivity contribution is 5.16. The average molecular weight is 936 g/mol. The quantitative estimate of drug-likeness (QED) is 0.213. The summed E-state index contributed by atoms with van der Waals surface area (Å²) in [5.41, 5.74) is 0. The predicted molar refractivity (Wildman–Crippen MR) is 281 cm³/mol. The third-order valence-electron chi connectivity index (χ3n) is 25.9. The van der Waals surface area contributed by atoms with Crippen LogP contribution in [-0.4, -0.2) is 96.4 Å². The summed E-state index contributed by atoms with van der Waals surface area (Å²) in [5, 5.41) is 16.0. The Morgan fingerprint density at radius 3 is 1.10 bits per heavy atom. The second-order valence-corrected chi connectivity index (χ2v) is 28.9. The van der Waals surface area contributed by atoms with Gasteiger partial charge in [-0.2, -0.15) is 0 Å². The molecule has 7 saturated carbocycles. The van der Waals surface area contributed by atoms with Crippen LogP contribution in [0.15, 0.2) is 0 Å². The Bertz CT molecular complexity index is 1530. The molecule has 13 rings (SSSR count). The standard InChI is InChI=1S/C62H106N6/c1-37-31-45(32-38(2)59(37)51-23-17-43-27-29-63-35-53(43)65-51)41-13-19-47(20-14-41)67-55-11-7-5-9-49(55)61-57(67)25-26-58-62(61)50-10-6-8-12-56(50)68(58)48-21-15-42(16-22-48)46-33-39(3)60(40(4)34-46)52-24-18-44-28-30-64-36-54(44)66-52/h37-66H,5-36H2,1-4H3. The lowest BCUT2D eigenvalue weighted by molar-refractivity contribution is -0.00356. The average Bonchev–Trinajstić information content (AvgIpc) is 3.89. The van der Waals surface area contributed by atoms with E-state index in [9.17, 15) is 0 Å². The maximum Gasteiger partial charge on any atom is 0.0223 e. The van der Waals surface area contributed by atoms with Crippen LogP contribution >= 0.6 is 0 Å². The molecule has 18 atom stereocenters. The summed E-state index contributed by atoms with van der Waals surface area (Å²) in [4.78, 5) is 6.81. The van der Waals surface area contributed by atoms with Crippen molar-refractivity contribution in [1.29, 1.82) is 0 Å². The second kappa shape index (κ2) is 20.1. The molecule has 0 amide bonds. The summed E-state index contributed by atoms with van der Waals surface area (Å²) in [5.74, 6) is 15.3. The zero-order chi connectivity index (χ0) is 45.6. The van der Waals surface area contributed by atoms with E-state index in [1.165, 1.54) is 155 Å². The molecule has 7 aliphatic carbocycles. The Hall–Kier alpha value is -0.240. The van der Waals surface area contributed by atoms with Crippen molar-refractivity contribution >= 4 is 0 Å². The van der Waals surface area contributed by atoms with Gasteiger partial charge in [0, 0.05) is 73.5 Å². The lowest BCUT2D eigenvalue weighted by Gasteiger charge is -2.51. The van der Waals surface area contributed by atoms with Crippen LogP contribution in [-0.2, 0) is 0 Å². The third-order valence-corrected chi connectivity index (χ3v) is 25.9. The number of hydrogen-bond donors (Lipinski definition) is 4. The van der Waals surface area contributed by atoms with Gasteiger partial charge in [-0.05, 0) is 262 Å². The first-order valence-electron chi connectivity index (χ1n) is 31.8. The summed E-state index contributed by atoms with van der Waals surface area (Å²) >= 11 is 0. The molecule has 13 fully saturated rings. The van der Waals surface area contributed by atoms with Crippen LogP contribution in [0.4, 0.5) is 0 Å². The molecule has 6 nitrogen and oxygen atoms in total. The monoisotopic (exact) mass is 935 g/mol. The molecule has 4 N–H and O–H groups in total. The molecular formula is C62H106N6. The molecule has 6 aliphatic heterocycles. The first kappa shape index (κ1) is 47.5. The molecule has 0 radical (unpaired) electrons. The molecular weight excluding hydrogens is 829 g/mol. The van der Waals surface area contributed by atoms with E-state index in [1.54, 1.807) is 51.4 Å². The van der Waals surface area contributed by atoms with Gasteiger partial charge >= 0.3 is 0 Å². The molecule has 0 aromatic heterocycles. The Morgan fingerprint density at radius 2 is 0.691 bits per heavy atom. The normalized spacial score (nSPS) is 55.8. The van der Waals surface area contributed by atoms with Crippen LogP contribution in [0.1, 0.15) is 207 Å².